The summed E-state index contributed by atoms with van der Waals surface area (Å²) in [5, 5.41) is 17.3. The molecule has 98 valence electrons. The maximum atomic E-state index is 10.8. The van der Waals surface area contributed by atoms with Crippen LogP contribution >= 0.6 is 0 Å². The number of unbranched alkanes of at least 4 members (excludes halogenated alkanes) is 2. The monoisotopic (exact) mass is 242 g/mol. The molecule has 0 aliphatic carbocycles. The van der Waals surface area contributed by atoms with E-state index in [1.54, 1.807) is 0 Å². The average molecular weight is 242 g/mol. The largest absolute Gasteiger partial charge is 0.481 e. The fraction of sp³-hybridized carbons (Fsp3) is 0.692. The molecule has 0 amide bonds. The molecule has 0 bridgehead atoms. The Morgan fingerprint density at radius 1 is 1.06 bits per heavy atom. The van der Waals surface area contributed by atoms with Crippen molar-refractivity contribution in [3.8, 4) is 0 Å². The molecule has 4 heteroatoms. The van der Waals surface area contributed by atoms with Crippen molar-refractivity contribution in [1.29, 1.82) is 0 Å². The lowest BCUT2D eigenvalue weighted by molar-refractivity contribution is -0.140. The molecule has 0 heterocycles. The van der Waals surface area contributed by atoms with Crippen molar-refractivity contribution in [1.82, 2.24) is 0 Å². The van der Waals surface area contributed by atoms with Crippen LogP contribution in [0.15, 0.2) is 12.2 Å². The SMILES string of the molecule is CC(C)CCCCCC(C=CC(=O)O)C(=O)O. The summed E-state index contributed by atoms with van der Waals surface area (Å²) in [4.78, 5) is 21.1. The first-order valence-corrected chi connectivity index (χ1v) is 6.07. The number of hydrogen-bond donors (Lipinski definition) is 2. The summed E-state index contributed by atoms with van der Waals surface area (Å²) in [5.74, 6) is -2.05. The van der Waals surface area contributed by atoms with Crippen LogP contribution in [0.3, 0.4) is 0 Å². The van der Waals surface area contributed by atoms with Crippen molar-refractivity contribution in [2.45, 2.75) is 46.0 Å². The molecule has 2 N–H and O–H groups in total. The van der Waals surface area contributed by atoms with Gasteiger partial charge in [0.05, 0.1) is 5.92 Å². The van der Waals surface area contributed by atoms with Gasteiger partial charge in [-0.3, -0.25) is 4.79 Å². The molecule has 0 fully saturated rings. The van der Waals surface area contributed by atoms with Gasteiger partial charge in [0.25, 0.3) is 0 Å². The summed E-state index contributed by atoms with van der Waals surface area (Å²) in [6, 6.07) is 0. The van der Waals surface area contributed by atoms with Gasteiger partial charge in [-0.15, -0.1) is 0 Å². The van der Waals surface area contributed by atoms with Gasteiger partial charge in [-0.1, -0.05) is 45.6 Å². The summed E-state index contributed by atoms with van der Waals surface area (Å²) in [6.07, 6.45) is 6.77. The van der Waals surface area contributed by atoms with Crippen LogP contribution in [0.4, 0.5) is 0 Å². The maximum Gasteiger partial charge on any atom is 0.328 e. The Kier molecular flexibility index (Phi) is 8.11. The van der Waals surface area contributed by atoms with Crippen molar-refractivity contribution >= 4 is 11.9 Å². The van der Waals surface area contributed by atoms with Gasteiger partial charge >= 0.3 is 11.9 Å². The van der Waals surface area contributed by atoms with Crippen LogP contribution in [0, 0.1) is 11.8 Å². The molecule has 0 aromatic carbocycles. The lowest BCUT2D eigenvalue weighted by Crippen LogP contribution is -2.11. The molecule has 0 rings (SSSR count). The van der Waals surface area contributed by atoms with Crippen LogP contribution in [0.2, 0.25) is 0 Å². The van der Waals surface area contributed by atoms with E-state index >= 15 is 0 Å². The van der Waals surface area contributed by atoms with Gasteiger partial charge in [0.2, 0.25) is 0 Å². The number of aliphatic carboxylic acids is 2. The Bertz CT molecular complexity index is 269. The third kappa shape index (κ3) is 9.60. The van der Waals surface area contributed by atoms with Gasteiger partial charge in [0.1, 0.15) is 0 Å². The summed E-state index contributed by atoms with van der Waals surface area (Å²) in [6.45, 7) is 4.32. The van der Waals surface area contributed by atoms with E-state index in [0.717, 1.165) is 31.8 Å². The van der Waals surface area contributed by atoms with Gasteiger partial charge in [0.15, 0.2) is 0 Å². The average Bonchev–Trinajstić information content (AvgIpc) is 2.20. The Balaban J connectivity index is 3.86. The number of carboxylic acids is 2. The summed E-state index contributed by atoms with van der Waals surface area (Å²) in [7, 11) is 0. The molecule has 0 aromatic heterocycles. The van der Waals surface area contributed by atoms with E-state index in [1.807, 2.05) is 0 Å². The number of rotatable bonds is 9. The van der Waals surface area contributed by atoms with E-state index in [1.165, 1.54) is 6.08 Å². The van der Waals surface area contributed by atoms with E-state index in [2.05, 4.69) is 13.8 Å². The van der Waals surface area contributed by atoms with Gasteiger partial charge in [0, 0.05) is 6.08 Å². The second kappa shape index (κ2) is 8.79. The molecule has 1 unspecified atom stereocenters. The van der Waals surface area contributed by atoms with Crippen LogP contribution in [-0.4, -0.2) is 22.2 Å². The molecular formula is C13H22O4. The van der Waals surface area contributed by atoms with E-state index in [-0.39, 0.29) is 0 Å². The number of hydrogen-bond acceptors (Lipinski definition) is 2. The van der Waals surface area contributed by atoms with Crippen molar-refractivity contribution in [2.24, 2.45) is 11.8 Å². The highest BCUT2D eigenvalue weighted by Gasteiger charge is 2.13. The number of carbonyl (C=O) groups is 2. The summed E-state index contributed by atoms with van der Waals surface area (Å²) < 4.78 is 0. The highest BCUT2D eigenvalue weighted by atomic mass is 16.4. The molecule has 0 saturated heterocycles. The van der Waals surface area contributed by atoms with Gasteiger partial charge < -0.3 is 10.2 Å². The second-order valence-corrected chi connectivity index (χ2v) is 4.67. The van der Waals surface area contributed by atoms with Crippen molar-refractivity contribution in [3.63, 3.8) is 0 Å². The van der Waals surface area contributed by atoms with Crippen LogP contribution < -0.4 is 0 Å². The van der Waals surface area contributed by atoms with Crippen LogP contribution in [-0.2, 0) is 9.59 Å². The molecule has 0 saturated carbocycles. The summed E-state index contributed by atoms with van der Waals surface area (Å²) in [5.41, 5.74) is 0. The second-order valence-electron chi connectivity index (χ2n) is 4.67. The molecule has 0 radical (unpaired) electrons. The smallest absolute Gasteiger partial charge is 0.328 e. The lowest BCUT2D eigenvalue weighted by atomic mass is 9.98. The highest BCUT2D eigenvalue weighted by molar-refractivity contribution is 5.81. The third-order valence-electron chi connectivity index (χ3n) is 2.58. The Morgan fingerprint density at radius 2 is 1.65 bits per heavy atom. The zero-order valence-corrected chi connectivity index (χ0v) is 10.6. The third-order valence-corrected chi connectivity index (χ3v) is 2.58. The van der Waals surface area contributed by atoms with Gasteiger partial charge in [-0.05, 0) is 12.3 Å². The Hall–Kier alpha value is -1.32. The van der Waals surface area contributed by atoms with E-state index < -0.39 is 17.9 Å². The minimum absolute atomic E-state index is 0.511. The molecule has 0 aliphatic rings. The molecule has 17 heavy (non-hydrogen) atoms. The zero-order chi connectivity index (χ0) is 13.3. The molecule has 0 spiro atoms. The molecule has 4 nitrogen and oxygen atoms in total. The standard InChI is InChI=1S/C13H22O4/c1-10(2)6-4-3-5-7-11(13(16)17)8-9-12(14)15/h8-11H,3-7H2,1-2H3,(H,14,15)(H,16,17). The van der Waals surface area contributed by atoms with E-state index in [9.17, 15) is 9.59 Å². The van der Waals surface area contributed by atoms with Gasteiger partial charge in [-0.2, -0.15) is 0 Å². The van der Waals surface area contributed by atoms with Crippen molar-refractivity contribution in [3.05, 3.63) is 12.2 Å². The quantitative estimate of drug-likeness (QED) is 0.481. The molecule has 0 aromatic rings. The van der Waals surface area contributed by atoms with Crippen LogP contribution in [0.1, 0.15) is 46.0 Å². The first-order valence-electron chi connectivity index (χ1n) is 6.07. The normalized spacial score (nSPS) is 13.1. The van der Waals surface area contributed by atoms with E-state index in [0.29, 0.717) is 12.3 Å². The van der Waals surface area contributed by atoms with Gasteiger partial charge in [-0.25, -0.2) is 4.79 Å². The van der Waals surface area contributed by atoms with Crippen molar-refractivity contribution in [2.75, 3.05) is 0 Å². The van der Waals surface area contributed by atoms with E-state index in [4.69, 9.17) is 10.2 Å². The zero-order valence-electron chi connectivity index (χ0n) is 10.6. The lowest BCUT2D eigenvalue weighted by Gasteiger charge is -2.08. The predicted molar refractivity (Wildman–Crippen MR) is 65.8 cm³/mol. The first kappa shape index (κ1) is 15.7. The van der Waals surface area contributed by atoms with Crippen LogP contribution in [0.5, 0.6) is 0 Å². The van der Waals surface area contributed by atoms with Crippen LogP contribution in [0.25, 0.3) is 0 Å². The number of carboxylic acid groups (broad SMARTS) is 2. The minimum Gasteiger partial charge on any atom is -0.481 e. The Morgan fingerprint density at radius 3 is 2.12 bits per heavy atom. The summed E-state index contributed by atoms with van der Waals surface area (Å²) >= 11 is 0. The highest BCUT2D eigenvalue weighted by Crippen LogP contribution is 2.14. The molecular weight excluding hydrogens is 220 g/mol. The first-order chi connectivity index (χ1) is 7.93. The molecule has 1 atom stereocenters. The topological polar surface area (TPSA) is 74.6 Å². The molecule has 0 aliphatic heterocycles. The fourth-order valence-electron chi connectivity index (χ4n) is 1.59. The van der Waals surface area contributed by atoms with Crippen molar-refractivity contribution < 1.29 is 19.8 Å². The predicted octanol–water partition coefficient (Wildman–Crippen LogP) is 2.93. The maximum absolute atomic E-state index is 10.8. The fourth-order valence-corrected chi connectivity index (χ4v) is 1.59. The Labute approximate surface area is 102 Å². The minimum atomic E-state index is -1.10.